The van der Waals surface area contributed by atoms with Crippen LogP contribution >= 0.6 is 0 Å². The van der Waals surface area contributed by atoms with Crippen molar-refractivity contribution in [2.75, 3.05) is 0 Å². The van der Waals surface area contributed by atoms with Gasteiger partial charge in [-0.05, 0) is 6.08 Å². The Bertz CT molecular complexity index is 33.9. The number of hydrogen-bond acceptors (Lipinski definition) is 2. The molecule has 2 heteroatoms. The fraction of sp³-hybridized carbons (Fsp3) is 0.333. The summed E-state index contributed by atoms with van der Waals surface area (Å²) in [6.45, 7) is 3.19. The summed E-state index contributed by atoms with van der Waals surface area (Å²) in [6, 6.07) is 0. The average Bonchev–Trinajstić information content (AvgIpc) is 1.38. The summed E-state index contributed by atoms with van der Waals surface area (Å²) in [7, 11) is 0. The molecule has 0 spiro atoms. The second-order valence-electron chi connectivity index (χ2n) is 0.726. The second kappa shape index (κ2) is 1.93. The van der Waals surface area contributed by atoms with E-state index in [-0.39, 0.29) is 0 Å². The number of aliphatic hydroxyl groups is 1. The van der Waals surface area contributed by atoms with Crippen molar-refractivity contribution in [3.05, 3.63) is 12.7 Å². The van der Waals surface area contributed by atoms with Gasteiger partial charge in [0.1, 0.15) is 6.23 Å². The molecule has 0 amide bonds. The fourth-order valence-corrected chi connectivity index (χ4v) is 0. The van der Waals surface area contributed by atoms with E-state index in [0.29, 0.717) is 0 Å². The van der Waals surface area contributed by atoms with E-state index in [2.05, 4.69) is 6.58 Å². The minimum atomic E-state index is -0.852. The lowest BCUT2D eigenvalue weighted by Crippen LogP contribution is -2.13. The monoisotopic (exact) mass is 73.1 g/mol. The van der Waals surface area contributed by atoms with Crippen LogP contribution in [0.15, 0.2) is 12.7 Å². The van der Waals surface area contributed by atoms with Gasteiger partial charge in [0.2, 0.25) is 0 Å². The Morgan fingerprint density at radius 1 is 2.00 bits per heavy atom. The molecule has 3 N–H and O–H groups in total. The molecule has 0 aliphatic rings. The number of rotatable bonds is 1. The molecule has 0 aliphatic heterocycles. The first-order valence-electron chi connectivity index (χ1n) is 1.33. The van der Waals surface area contributed by atoms with E-state index >= 15 is 0 Å². The van der Waals surface area contributed by atoms with Crippen LogP contribution < -0.4 is 5.73 Å². The van der Waals surface area contributed by atoms with Gasteiger partial charge in [0.25, 0.3) is 0 Å². The molecule has 0 saturated carbocycles. The summed E-state index contributed by atoms with van der Waals surface area (Å²) in [6.07, 6.45) is 0.398. The molecule has 0 aromatic heterocycles. The SMILES string of the molecule is C=C[C@@H](N)O. The fourth-order valence-electron chi connectivity index (χ4n) is 0. The largest absolute Gasteiger partial charge is 0.375 e. The second-order valence-corrected chi connectivity index (χ2v) is 0.726. The van der Waals surface area contributed by atoms with Crippen molar-refractivity contribution in [2.45, 2.75) is 6.23 Å². The predicted octanol–water partition coefficient (Wildman–Crippen LogP) is -0.550. The van der Waals surface area contributed by atoms with Gasteiger partial charge in [0.05, 0.1) is 0 Å². The third-order valence-corrected chi connectivity index (χ3v) is 0.241. The van der Waals surface area contributed by atoms with Gasteiger partial charge in [-0.15, -0.1) is 0 Å². The highest BCUT2D eigenvalue weighted by molar-refractivity contribution is 4.70. The third kappa shape index (κ3) is 3.66. The van der Waals surface area contributed by atoms with Gasteiger partial charge in [0.15, 0.2) is 0 Å². The van der Waals surface area contributed by atoms with Crippen LogP contribution in [-0.4, -0.2) is 11.3 Å². The van der Waals surface area contributed by atoms with Crippen molar-refractivity contribution in [3.8, 4) is 0 Å². The molecular formula is C3H7NO. The summed E-state index contributed by atoms with van der Waals surface area (Å²) >= 11 is 0. The average molecular weight is 73.1 g/mol. The molecule has 1 atom stereocenters. The maximum atomic E-state index is 8.02. The Morgan fingerprint density at radius 3 is 2.20 bits per heavy atom. The summed E-state index contributed by atoms with van der Waals surface area (Å²) < 4.78 is 0. The normalized spacial score (nSPS) is 14.0. The molecular weight excluding hydrogens is 66.0 g/mol. The lowest BCUT2D eigenvalue weighted by Gasteiger charge is -1.85. The van der Waals surface area contributed by atoms with Crippen LogP contribution in [0, 0.1) is 0 Å². The van der Waals surface area contributed by atoms with Crippen LogP contribution in [-0.2, 0) is 0 Å². The van der Waals surface area contributed by atoms with Crippen LogP contribution in [0.1, 0.15) is 0 Å². The molecule has 30 valence electrons. The zero-order valence-electron chi connectivity index (χ0n) is 2.89. The lowest BCUT2D eigenvalue weighted by atomic mass is 10.6. The summed E-state index contributed by atoms with van der Waals surface area (Å²) in [4.78, 5) is 0. The van der Waals surface area contributed by atoms with E-state index in [1.165, 1.54) is 6.08 Å². The Kier molecular flexibility index (Phi) is 1.80. The highest BCUT2D eigenvalue weighted by atomic mass is 16.3. The maximum Gasteiger partial charge on any atom is 0.121 e. The molecule has 5 heavy (non-hydrogen) atoms. The van der Waals surface area contributed by atoms with Gasteiger partial charge in [-0.25, -0.2) is 0 Å². The Balaban J connectivity index is 2.83. The van der Waals surface area contributed by atoms with Gasteiger partial charge >= 0.3 is 0 Å². The van der Waals surface area contributed by atoms with E-state index in [4.69, 9.17) is 10.8 Å². The van der Waals surface area contributed by atoms with E-state index in [1.807, 2.05) is 0 Å². The minimum absolute atomic E-state index is 0.852. The third-order valence-electron chi connectivity index (χ3n) is 0.241. The highest BCUT2D eigenvalue weighted by Crippen LogP contribution is 1.61. The van der Waals surface area contributed by atoms with E-state index in [0.717, 1.165) is 0 Å². The van der Waals surface area contributed by atoms with Crippen LogP contribution in [0.3, 0.4) is 0 Å². The molecule has 0 rings (SSSR count). The van der Waals surface area contributed by atoms with Crippen LogP contribution in [0.2, 0.25) is 0 Å². The first-order valence-corrected chi connectivity index (χ1v) is 1.33. The van der Waals surface area contributed by atoms with Gasteiger partial charge in [-0.3, -0.25) is 0 Å². The predicted molar refractivity (Wildman–Crippen MR) is 20.4 cm³/mol. The molecule has 0 radical (unpaired) electrons. The van der Waals surface area contributed by atoms with Crippen molar-refractivity contribution in [3.63, 3.8) is 0 Å². The first kappa shape index (κ1) is 4.66. The minimum Gasteiger partial charge on any atom is -0.375 e. The summed E-state index contributed by atoms with van der Waals surface area (Å²) in [5, 5.41) is 8.02. The van der Waals surface area contributed by atoms with Gasteiger partial charge < -0.3 is 10.8 Å². The summed E-state index contributed by atoms with van der Waals surface area (Å²) in [5.41, 5.74) is 4.73. The van der Waals surface area contributed by atoms with Gasteiger partial charge in [-0.2, -0.15) is 0 Å². The molecule has 2 nitrogen and oxygen atoms in total. The van der Waals surface area contributed by atoms with Gasteiger partial charge in [0, 0.05) is 0 Å². The molecule has 0 heterocycles. The zero-order valence-corrected chi connectivity index (χ0v) is 2.89. The quantitative estimate of drug-likeness (QED) is 0.323. The van der Waals surface area contributed by atoms with E-state index in [9.17, 15) is 0 Å². The lowest BCUT2D eigenvalue weighted by molar-refractivity contribution is 0.232. The standard InChI is InChI=1S/C3H7NO/c1-2-3(4)5/h2-3,5H,1,4H2/t3-/m0/s1. The molecule has 0 aromatic carbocycles. The van der Waals surface area contributed by atoms with E-state index in [1.54, 1.807) is 0 Å². The Hall–Kier alpha value is -0.340. The van der Waals surface area contributed by atoms with Crippen molar-refractivity contribution in [1.29, 1.82) is 0 Å². The highest BCUT2D eigenvalue weighted by Gasteiger charge is 1.74. The topological polar surface area (TPSA) is 46.2 Å². The van der Waals surface area contributed by atoms with Gasteiger partial charge in [-0.1, -0.05) is 6.58 Å². The van der Waals surface area contributed by atoms with Crippen molar-refractivity contribution < 1.29 is 5.11 Å². The molecule has 0 saturated heterocycles. The van der Waals surface area contributed by atoms with E-state index < -0.39 is 6.23 Å². The van der Waals surface area contributed by atoms with Crippen molar-refractivity contribution in [1.82, 2.24) is 0 Å². The molecule has 0 aliphatic carbocycles. The van der Waals surface area contributed by atoms with Crippen LogP contribution in [0.4, 0.5) is 0 Å². The Morgan fingerprint density at radius 2 is 2.20 bits per heavy atom. The maximum absolute atomic E-state index is 8.02. The molecule has 0 bridgehead atoms. The van der Waals surface area contributed by atoms with Crippen molar-refractivity contribution in [2.24, 2.45) is 5.73 Å². The number of aliphatic hydroxyl groups excluding tert-OH is 1. The Labute approximate surface area is 30.9 Å². The number of nitrogens with two attached hydrogens (primary N) is 1. The number of hydrogen-bond donors (Lipinski definition) is 2. The first-order chi connectivity index (χ1) is 2.27. The summed E-state index contributed by atoms with van der Waals surface area (Å²) in [5.74, 6) is 0. The molecule has 0 fully saturated rings. The van der Waals surface area contributed by atoms with Crippen LogP contribution in [0.25, 0.3) is 0 Å². The van der Waals surface area contributed by atoms with Crippen LogP contribution in [0.5, 0.6) is 0 Å². The smallest absolute Gasteiger partial charge is 0.121 e. The zero-order chi connectivity index (χ0) is 4.28. The van der Waals surface area contributed by atoms with Crippen molar-refractivity contribution >= 4 is 0 Å². The molecule has 0 aromatic rings. The molecule has 0 unspecified atom stereocenters.